The molecule has 4 heteroatoms. The van der Waals surface area contributed by atoms with E-state index in [1.807, 2.05) is 24.3 Å². The van der Waals surface area contributed by atoms with Gasteiger partial charge >= 0.3 is 7.12 Å². The van der Waals surface area contributed by atoms with Gasteiger partial charge in [0.1, 0.15) is 0 Å². The largest absolute Gasteiger partial charge is 0.491 e. The molecule has 0 saturated carbocycles. The summed E-state index contributed by atoms with van der Waals surface area (Å²) in [6, 6.07) is 7.54. The van der Waals surface area contributed by atoms with Crippen molar-refractivity contribution in [2.75, 3.05) is 6.61 Å². The summed E-state index contributed by atoms with van der Waals surface area (Å²) in [4.78, 5) is 0. The maximum absolute atomic E-state index is 9.47. The fourth-order valence-electron chi connectivity index (χ4n) is 1.67. The van der Waals surface area contributed by atoms with E-state index >= 15 is 0 Å². The van der Waals surface area contributed by atoms with E-state index in [1.54, 1.807) is 0 Å². The van der Waals surface area contributed by atoms with E-state index in [0.29, 0.717) is 6.42 Å². The Morgan fingerprint density at radius 1 is 1.38 bits per heavy atom. The van der Waals surface area contributed by atoms with Crippen molar-refractivity contribution in [3.05, 3.63) is 29.8 Å². The minimum atomic E-state index is -0.826. The lowest BCUT2D eigenvalue weighted by Crippen LogP contribution is -2.27. The first-order valence-corrected chi connectivity index (χ1v) is 4.36. The Kier molecular flexibility index (Phi) is 2.35. The average molecular weight is 178 g/mol. The molecule has 1 aliphatic heterocycles. The van der Waals surface area contributed by atoms with Gasteiger partial charge in [-0.15, -0.1) is 0 Å². The summed E-state index contributed by atoms with van der Waals surface area (Å²) in [7, 11) is -0.826. The SMILES string of the molecule is OCCC1OB(O)c2ccccc21. The summed E-state index contributed by atoms with van der Waals surface area (Å²) in [6.45, 7) is 0.0751. The molecule has 2 rings (SSSR count). The highest BCUT2D eigenvalue weighted by Gasteiger charge is 2.33. The lowest BCUT2D eigenvalue weighted by Gasteiger charge is -2.09. The van der Waals surface area contributed by atoms with Crippen LogP contribution >= 0.6 is 0 Å². The summed E-state index contributed by atoms with van der Waals surface area (Å²) in [5.74, 6) is 0. The van der Waals surface area contributed by atoms with Crippen LogP contribution in [0.5, 0.6) is 0 Å². The van der Waals surface area contributed by atoms with E-state index in [0.717, 1.165) is 11.0 Å². The third kappa shape index (κ3) is 1.48. The van der Waals surface area contributed by atoms with Crippen LogP contribution in [0, 0.1) is 0 Å². The predicted octanol–water partition coefficient (Wildman–Crippen LogP) is -0.172. The van der Waals surface area contributed by atoms with E-state index in [4.69, 9.17) is 9.76 Å². The van der Waals surface area contributed by atoms with Gasteiger partial charge in [0.25, 0.3) is 0 Å². The van der Waals surface area contributed by atoms with Crippen molar-refractivity contribution in [3.8, 4) is 0 Å². The monoisotopic (exact) mass is 178 g/mol. The standard InChI is InChI=1S/C9H11BO3/c11-6-5-9-7-3-1-2-4-8(7)10(12)13-9/h1-4,9,11-12H,5-6H2. The predicted molar refractivity (Wildman–Crippen MR) is 49.6 cm³/mol. The van der Waals surface area contributed by atoms with Crippen LogP contribution in [0.25, 0.3) is 0 Å². The number of hydrogen-bond donors (Lipinski definition) is 2. The van der Waals surface area contributed by atoms with E-state index in [9.17, 15) is 5.02 Å². The first kappa shape index (κ1) is 8.75. The summed E-state index contributed by atoms with van der Waals surface area (Å²) >= 11 is 0. The molecule has 0 spiro atoms. The second-order valence-electron chi connectivity index (χ2n) is 3.12. The lowest BCUT2D eigenvalue weighted by atomic mass is 9.79. The molecular weight excluding hydrogens is 167 g/mol. The number of benzene rings is 1. The van der Waals surface area contributed by atoms with E-state index in [2.05, 4.69) is 0 Å². The van der Waals surface area contributed by atoms with Gasteiger partial charge in [-0.05, 0) is 17.4 Å². The number of rotatable bonds is 2. The normalized spacial score (nSPS) is 20.5. The molecule has 68 valence electrons. The lowest BCUT2D eigenvalue weighted by molar-refractivity contribution is 0.148. The van der Waals surface area contributed by atoms with Crippen LogP contribution in [0.2, 0.25) is 0 Å². The zero-order valence-corrected chi connectivity index (χ0v) is 7.18. The molecule has 1 aliphatic rings. The van der Waals surface area contributed by atoms with Crippen molar-refractivity contribution in [1.82, 2.24) is 0 Å². The molecular formula is C9H11BO3. The second-order valence-corrected chi connectivity index (χ2v) is 3.12. The topological polar surface area (TPSA) is 49.7 Å². The molecule has 0 fully saturated rings. The van der Waals surface area contributed by atoms with Crippen LogP contribution in [0.4, 0.5) is 0 Å². The van der Waals surface area contributed by atoms with Crippen LogP contribution in [0.3, 0.4) is 0 Å². The van der Waals surface area contributed by atoms with Crippen LogP contribution in [-0.4, -0.2) is 23.9 Å². The number of aliphatic hydroxyl groups is 1. The number of fused-ring (bicyclic) bond motifs is 1. The van der Waals surface area contributed by atoms with Crippen LogP contribution < -0.4 is 5.46 Å². The van der Waals surface area contributed by atoms with E-state index in [1.165, 1.54) is 0 Å². The molecule has 0 aromatic heterocycles. The Balaban J connectivity index is 2.30. The first-order chi connectivity index (χ1) is 6.33. The minimum Gasteiger partial charge on any atom is -0.423 e. The van der Waals surface area contributed by atoms with Crippen LogP contribution in [-0.2, 0) is 4.65 Å². The Hall–Kier alpha value is -0.835. The van der Waals surface area contributed by atoms with Crippen molar-refractivity contribution in [3.63, 3.8) is 0 Å². The molecule has 13 heavy (non-hydrogen) atoms. The zero-order chi connectivity index (χ0) is 9.26. The quantitative estimate of drug-likeness (QED) is 0.618. The maximum Gasteiger partial charge on any atom is 0.491 e. The summed E-state index contributed by atoms with van der Waals surface area (Å²) in [5, 5.41) is 18.3. The summed E-state index contributed by atoms with van der Waals surface area (Å²) < 4.78 is 5.27. The van der Waals surface area contributed by atoms with E-state index in [-0.39, 0.29) is 12.7 Å². The molecule has 0 amide bonds. The summed E-state index contributed by atoms with van der Waals surface area (Å²) in [5.41, 5.74) is 1.81. The van der Waals surface area contributed by atoms with Crippen LogP contribution in [0.15, 0.2) is 24.3 Å². The number of aliphatic hydroxyl groups excluding tert-OH is 1. The fourth-order valence-corrected chi connectivity index (χ4v) is 1.67. The summed E-state index contributed by atoms with van der Waals surface area (Å²) in [6.07, 6.45) is 0.379. The van der Waals surface area contributed by atoms with Crippen molar-refractivity contribution < 1.29 is 14.8 Å². The van der Waals surface area contributed by atoms with Gasteiger partial charge in [0.05, 0.1) is 6.10 Å². The molecule has 1 unspecified atom stereocenters. The van der Waals surface area contributed by atoms with Gasteiger partial charge in [-0.25, -0.2) is 0 Å². The minimum absolute atomic E-state index is 0.0751. The van der Waals surface area contributed by atoms with Crippen molar-refractivity contribution in [2.24, 2.45) is 0 Å². The third-order valence-corrected chi connectivity index (χ3v) is 2.29. The Labute approximate surface area is 77.1 Å². The van der Waals surface area contributed by atoms with E-state index < -0.39 is 7.12 Å². The van der Waals surface area contributed by atoms with Gasteiger partial charge in [0, 0.05) is 6.61 Å². The van der Waals surface area contributed by atoms with Gasteiger partial charge in [-0.1, -0.05) is 24.3 Å². The highest BCUT2D eigenvalue weighted by Crippen LogP contribution is 2.25. The highest BCUT2D eigenvalue weighted by molar-refractivity contribution is 6.61. The third-order valence-electron chi connectivity index (χ3n) is 2.29. The highest BCUT2D eigenvalue weighted by atomic mass is 16.5. The van der Waals surface area contributed by atoms with Crippen molar-refractivity contribution in [2.45, 2.75) is 12.5 Å². The Morgan fingerprint density at radius 3 is 2.92 bits per heavy atom. The first-order valence-electron chi connectivity index (χ1n) is 4.36. The van der Waals surface area contributed by atoms with Gasteiger partial charge in [0.2, 0.25) is 0 Å². The molecule has 0 radical (unpaired) electrons. The molecule has 1 atom stereocenters. The molecule has 1 heterocycles. The van der Waals surface area contributed by atoms with Crippen molar-refractivity contribution in [1.29, 1.82) is 0 Å². The molecule has 0 aliphatic carbocycles. The zero-order valence-electron chi connectivity index (χ0n) is 7.18. The fraction of sp³-hybridized carbons (Fsp3) is 0.333. The van der Waals surface area contributed by atoms with Gasteiger partial charge in [0.15, 0.2) is 0 Å². The second kappa shape index (κ2) is 3.50. The molecule has 2 N–H and O–H groups in total. The van der Waals surface area contributed by atoms with Gasteiger partial charge < -0.3 is 14.8 Å². The average Bonchev–Trinajstić information content (AvgIpc) is 2.46. The molecule has 3 nitrogen and oxygen atoms in total. The maximum atomic E-state index is 9.47. The Morgan fingerprint density at radius 2 is 2.15 bits per heavy atom. The Bertz CT molecular complexity index is 303. The van der Waals surface area contributed by atoms with Crippen LogP contribution in [0.1, 0.15) is 18.1 Å². The van der Waals surface area contributed by atoms with Gasteiger partial charge in [-0.2, -0.15) is 0 Å². The molecule has 0 bridgehead atoms. The smallest absolute Gasteiger partial charge is 0.423 e. The molecule has 0 saturated heterocycles. The van der Waals surface area contributed by atoms with Gasteiger partial charge in [-0.3, -0.25) is 0 Å². The van der Waals surface area contributed by atoms with Crippen molar-refractivity contribution >= 4 is 12.6 Å². The number of hydrogen-bond acceptors (Lipinski definition) is 3. The molecule has 1 aromatic carbocycles. The molecule has 1 aromatic rings.